The number of carboxylic acid groups (broad SMARTS) is 1. The predicted molar refractivity (Wildman–Crippen MR) is 78.1 cm³/mol. The first-order chi connectivity index (χ1) is 10.2. The highest BCUT2D eigenvalue weighted by atomic mass is 16.4. The van der Waals surface area contributed by atoms with Crippen LogP contribution in [-0.2, 0) is 4.79 Å². The molecule has 0 aliphatic carbocycles. The first-order valence-corrected chi connectivity index (χ1v) is 6.81. The van der Waals surface area contributed by atoms with Crippen molar-refractivity contribution in [3.63, 3.8) is 0 Å². The average Bonchev–Trinajstić information content (AvgIpc) is 2.97. The molecular weight excluding hydrogens is 270 g/mol. The van der Waals surface area contributed by atoms with Crippen molar-refractivity contribution in [2.75, 3.05) is 11.9 Å². The second kappa shape index (κ2) is 5.40. The molecule has 3 rings (SSSR count). The van der Waals surface area contributed by atoms with Gasteiger partial charge in [-0.15, -0.1) is 0 Å². The molecule has 1 aliphatic rings. The molecule has 0 radical (unpaired) electrons. The van der Waals surface area contributed by atoms with Crippen LogP contribution in [0.15, 0.2) is 36.5 Å². The summed E-state index contributed by atoms with van der Waals surface area (Å²) in [6.07, 6.45) is 2.86. The zero-order chi connectivity index (χ0) is 14.8. The number of likely N-dealkylation sites (tertiary alicyclic amines) is 1. The molecule has 1 aliphatic heterocycles. The molecule has 2 amide bonds. The standard InChI is InChI=1S/C15H15N3O3/c19-14(20)12-7-3-9-18(12)15(21)17-11-6-1-4-10-5-2-8-16-13(10)11/h1-2,4-6,8,12H,3,7,9H2,(H,17,21)(H,19,20)/t12-/m1/s1. The molecule has 6 nitrogen and oxygen atoms in total. The number of hydrogen-bond acceptors (Lipinski definition) is 3. The van der Waals surface area contributed by atoms with Crippen molar-refractivity contribution in [3.8, 4) is 0 Å². The molecule has 2 aromatic rings. The van der Waals surface area contributed by atoms with Gasteiger partial charge in [0, 0.05) is 18.1 Å². The molecule has 1 aromatic carbocycles. The summed E-state index contributed by atoms with van der Waals surface area (Å²) in [7, 11) is 0. The lowest BCUT2D eigenvalue weighted by Crippen LogP contribution is -2.42. The molecule has 1 fully saturated rings. The summed E-state index contributed by atoms with van der Waals surface area (Å²) >= 11 is 0. The Morgan fingerprint density at radius 1 is 1.29 bits per heavy atom. The Hall–Kier alpha value is -2.63. The number of carboxylic acids is 1. The molecular formula is C15H15N3O3. The van der Waals surface area contributed by atoms with Gasteiger partial charge in [0.05, 0.1) is 11.2 Å². The van der Waals surface area contributed by atoms with E-state index in [4.69, 9.17) is 5.11 Å². The van der Waals surface area contributed by atoms with E-state index in [-0.39, 0.29) is 0 Å². The van der Waals surface area contributed by atoms with Crippen LogP contribution in [0.3, 0.4) is 0 Å². The Labute approximate surface area is 121 Å². The normalized spacial score (nSPS) is 17.9. The molecule has 1 saturated heterocycles. The van der Waals surface area contributed by atoms with Gasteiger partial charge in [0.15, 0.2) is 0 Å². The summed E-state index contributed by atoms with van der Waals surface area (Å²) in [6, 6.07) is 8.11. The van der Waals surface area contributed by atoms with Crippen LogP contribution in [0.5, 0.6) is 0 Å². The molecule has 21 heavy (non-hydrogen) atoms. The maximum atomic E-state index is 12.3. The van der Waals surface area contributed by atoms with Gasteiger partial charge in [-0.05, 0) is 25.0 Å². The number of nitrogens with zero attached hydrogens (tertiary/aromatic N) is 2. The third-order valence-electron chi connectivity index (χ3n) is 3.67. The topological polar surface area (TPSA) is 82.5 Å². The first-order valence-electron chi connectivity index (χ1n) is 6.81. The van der Waals surface area contributed by atoms with E-state index >= 15 is 0 Å². The van der Waals surface area contributed by atoms with Crippen LogP contribution in [0, 0.1) is 0 Å². The number of amides is 2. The minimum Gasteiger partial charge on any atom is -0.480 e. The third-order valence-corrected chi connectivity index (χ3v) is 3.67. The lowest BCUT2D eigenvalue weighted by Gasteiger charge is -2.22. The van der Waals surface area contributed by atoms with Gasteiger partial charge in [-0.1, -0.05) is 18.2 Å². The fourth-order valence-electron chi connectivity index (χ4n) is 2.66. The van der Waals surface area contributed by atoms with E-state index in [1.54, 1.807) is 12.3 Å². The van der Waals surface area contributed by atoms with E-state index in [0.29, 0.717) is 30.6 Å². The van der Waals surface area contributed by atoms with Crippen molar-refractivity contribution in [2.24, 2.45) is 0 Å². The summed E-state index contributed by atoms with van der Waals surface area (Å²) in [5.74, 6) is -0.960. The van der Waals surface area contributed by atoms with Crippen LogP contribution in [-0.4, -0.2) is 39.6 Å². The fourth-order valence-corrected chi connectivity index (χ4v) is 2.66. The lowest BCUT2D eigenvalue weighted by atomic mass is 10.2. The SMILES string of the molecule is O=C(O)[C@H]1CCCN1C(=O)Nc1cccc2cccnc12. The van der Waals surface area contributed by atoms with Crippen LogP contribution in [0.4, 0.5) is 10.5 Å². The summed E-state index contributed by atoms with van der Waals surface area (Å²) < 4.78 is 0. The van der Waals surface area contributed by atoms with Gasteiger partial charge < -0.3 is 15.3 Å². The van der Waals surface area contributed by atoms with Crippen molar-refractivity contribution in [1.29, 1.82) is 0 Å². The number of aliphatic carboxylic acids is 1. The Kier molecular flexibility index (Phi) is 3.43. The number of para-hydroxylation sites is 1. The maximum absolute atomic E-state index is 12.3. The number of aromatic nitrogens is 1. The fraction of sp³-hybridized carbons (Fsp3) is 0.267. The van der Waals surface area contributed by atoms with E-state index in [0.717, 1.165) is 5.39 Å². The van der Waals surface area contributed by atoms with Crippen LogP contribution in [0.25, 0.3) is 10.9 Å². The number of hydrogen-bond donors (Lipinski definition) is 2. The second-order valence-electron chi connectivity index (χ2n) is 5.00. The van der Waals surface area contributed by atoms with Crippen LogP contribution in [0.2, 0.25) is 0 Å². The molecule has 1 atom stereocenters. The number of pyridine rings is 1. The van der Waals surface area contributed by atoms with Crippen LogP contribution < -0.4 is 5.32 Å². The number of anilines is 1. The third kappa shape index (κ3) is 2.52. The number of carbonyl (C=O) groups excluding carboxylic acids is 1. The van der Waals surface area contributed by atoms with Gasteiger partial charge >= 0.3 is 12.0 Å². The van der Waals surface area contributed by atoms with E-state index in [2.05, 4.69) is 10.3 Å². The number of benzene rings is 1. The Balaban J connectivity index is 1.85. The van der Waals surface area contributed by atoms with E-state index in [1.807, 2.05) is 24.3 Å². The number of urea groups is 1. The summed E-state index contributed by atoms with van der Waals surface area (Å²) in [5, 5.41) is 12.8. The molecule has 2 N–H and O–H groups in total. The highest BCUT2D eigenvalue weighted by Crippen LogP contribution is 2.23. The molecule has 0 bridgehead atoms. The molecule has 0 saturated carbocycles. The maximum Gasteiger partial charge on any atom is 0.326 e. The second-order valence-corrected chi connectivity index (χ2v) is 5.00. The largest absolute Gasteiger partial charge is 0.480 e. The molecule has 2 heterocycles. The Bertz CT molecular complexity index is 696. The van der Waals surface area contributed by atoms with Gasteiger partial charge in [0.1, 0.15) is 6.04 Å². The predicted octanol–water partition coefficient (Wildman–Crippen LogP) is 2.32. The first kappa shape index (κ1) is 13.4. The highest BCUT2D eigenvalue weighted by molar-refractivity contribution is 6.00. The van der Waals surface area contributed by atoms with E-state index in [1.165, 1.54) is 4.90 Å². The Morgan fingerprint density at radius 2 is 2.10 bits per heavy atom. The van der Waals surface area contributed by atoms with Gasteiger partial charge in [0.2, 0.25) is 0 Å². The van der Waals surface area contributed by atoms with Crippen LogP contribution in [0.1, 0.15) is 12.8 Å². The van der Waals surface area contributed by atoms with Crippen LogP contribution >= 0.6 is 0 Å². The van der Waals surface area contributed by atoms with Gasteiger partial charge in [-0.3, -0.25) is 4.98 Å². The van der Waals surface area contributed by atoms with Gasteiger partial charge in [-0.25, -0.2) is 9.59 Å². The molecule has 0 unspecified atom stereocenters. The number of rotatable bonds is 2. The highest BCUT2D eigenvalue weighted by Gasteiger charge is 2.34. The van der Waals surface area contributed by atoms with Crippen molar-refractivity contribution in [1.82, 2.24) is 9.88 Å². The van der Waals surface area contributed by atoms with E-state index < -0.39 is 18.0 Å². The smallest absolute Gasteiger partial charge is 0.326 e. The zero-order valence-electron chi connectivity index (χ0n) is 11.3. The molecule has 0 spiro atoms. The Morgan fingerprint density at radius 3 is 2.90 bits per heavy atom. The van der Waals surface area contributed by atoms with E-state index in [9.17, 15) is 9.59 Å². The molecule has 108 valence electrons. The van der Waals surface area contributed by atoms with Crippen molar-refractivity contribution in [2.45, 2.75) is 18.9 Å². The summed E-state index contributed by atoms with van der Waals surface area (Å²) in [6.45, 7) is 0.459. The van der Waals surface area contributed by atoms with Gasteiger partial charge in [0.25, 0.3) is 0 Å². The number of fused-ring (bicyclic) bond motifs is 1. The van der Waals surface area contributed by atoms with Crippen molar-refractivity contribution < 1.29 is 14.7 Å². The monoisotopic (exact) mass is 285 g/mol. The zero-order valence-corrected chi connectivity index (χ0v) is 11.3. The quantitative estimate of drug-likeness (QED) is 0.887. The number of carbonyl (C=O) groups is 2. The minimum absolute atomic E-state index is 0.391. The van der Waals surface area contributed by atoms with Crippen molar-refractivity contribution >= 4 is 28.6 Å². The summed E-state index contributed by atoms with van der Waals surface area (Å²) in [4.78, 5) is 29.1. The van der Waals surface area contributed by atoms with Crippen molar-refractivity contribution in [3.05, 3.63) is 36.5 Å². The number of nitrogens with one attached hydrogen (secondary N) is 1. The molecule has 1 aromatic heterocycles. The minimum atomic E-state index is -0.960. The van der Waals surface area contributed by atoms with Gasteiger partial charge in [-0.2, -0.15) is 0 Å². The molecule has 6 heteroatoms. The summed E-state index contributed by atoms with van der Waals surface area (Å²) in [5.41, 5.74) is 1.29. The average molecular weight is 285 g/mol. The lowest BCUT2D eigenvalue weighted by molar-refractivity contribution is -0.141.